The van der Waals surface area contributed by atoms with Gasteiger partial charge in [-0.25, -0.2) is 4.79 Å². The van der Waals surface area contributed by atoms with Crippen LogP contribution < -0.4 is 5.32 Å². The summed E-state index contributed by atoms with van der Waals surface area (Å²) < 4.78 is 4.75. The summed E-state index contributed by atoms with van der Waals surface area (Å²) in [5.41, 5.74) is 1.52. The molecule has 1 heterocycles. The van der Waals surface area contributed by atoms with Crippen LogP contribution >= 0.6 is 0 Å². The monoisotopic (exact) mass is 195 g/mol. The third-order valence-electron chi connectivity index (χ3n) is 1.46. The van der Waals surface area contributed by atoms with E-state index in [1.807, 2.05) is 0 Å². The topological polar surface area (TPSA) is 67.0 Å². The first kappa shape index (κ1) is 10.3. The van der Waals surface area contributed by atoms with E-state index >= 15 is 0 Å². The summed E-state index contributed by atoms with van der Waals surface area (Å²) in [6.07, 6.45) is 4.72. The lowest BCUT2D eigenvalue weighted by atomic mass is 10.4. The lowest BCUT2D eigenvalue weighted by molar-refractivity contribution is -0.137. The maximum atomic E-state index is 11.0. The van der Waals surface area contributed by atoms with Gasteiger partial charge < -0.3 is 10.1 Å². The summed E-state index contributed by atoms with van der Waals surface area (Å²) in [5.74, 6) is -0.346. The largest absolute Gasteiger partial charge is 0.463 e. The molecule has 0 aliphatic rings. The van der Waals surface area contributed by atoms with Gasteiger partial charge in [0.2, 0.25) is 0 Å². The lowest BCUT2D eigenvalue weighted by Gasteiger charge is -2.02. The molecule has 2 N–H and O–H groups in total. The number of hydrogen-bond acceptors (Lipinski definition) is 4. The number of ether oxygens (including phenoxy) is 1. The molecule has 0 bridgehead atoms. The number of aromatic amines is 1. The Labute approximate surface area is 82.2 Å². The summed E-state index contributed by atoms with van der Waals surface area (Å²) in [7, 11) is 0. The van der Waals surface area contributed by atoms with Gasteiger partial charge in [-0.05, 0) is 13.8 Å². The molecule has 0 atom stereocenters. The van der Waals surface area contributed by atoms with Crippen molar-refractivity contribution in [2.24, 2.45) is 0 Å². The minimum absolute atomic E-state index is 0.346. The first-order valence-electron chi connectivity index (χ1n) is 4.33. The van der Waals surface area contributed by atoms with Gasteiger partial charge in [0, 0.05) is 18.0 Å². The van der Waals surface area contributed by atoms with Crippen LogP contribution in [0.5, 0.6) is 0 Å². The molecule has 0 aliphatic heterocycles. The molecule has 1 aromatic heterocycles. The number of nitrogens with zero attached hydrogens (tertiary/aromatic N) is 1. The second kappa shape index (κ2) is 5.06. The minimum atomic E-state index is -0.346. The number of allylic oxidation sites excluding steroid dienone is 1. The number of hydrogen-bond donors (Lipinski definition) is 2. The fraction of sp³-hybridized carbons (Fsp3) is 0.333. The van der Waals surface area contributed by atoms with Crippen LogP contribution in [0, 0.1) is 0 Å². The van der Waals surface area contributed by atoms with Crippen molar-refractivity contribution in [2.75, 3.05) is 11.9 Å². The van der Waals surface area contributed by atoms with Gasteiger partial charge in [0.25, 0.3) is 0 Å². The highest BCUT2D eigenvalue weighted by atomic mass is 16.5. The van der Waals surface area contributed by atoms with Crippen LogP contribution in [0.2, 0.25) is 0 Å². The zero-order valence-electron chi connectivity index (χ0n) is 8.20. The number of aromatic nitrogens is 2. The van der Waals surface area contributed by atoms with Crippen LogP contribution in [0.25, 0.3) is 0 Å². The maximum absolute atomic E-state index is 11.0. The Bertz CT molecular complexity index is 317. The van der Waals surface area contributed by atoms with Crippen LogP contribution in [0.15, 0.2) is 24.2 Å². The normalized spacial score (nSPS) is 11.1. The van der Waals surface area contributed by atoms with E-state index in [-0.39, 0.29) is 5.97 Å². The predicted molar refractivity (Wildman–Crippen MR) is 52.6 cm³/mol. The number of rotatable bonds is 4. The highest BCUT2D eigenvalue weighted by molar-refractivity contribution is 5.83. The molecule has 0 saturated carbocycles. The second-order valence-corrected chi connectivity index (χ2v) is 2.69. The molecule has 76 valence electrons. The van der Waals surface area contributed by atoms with Gasteiger partial charge in [0.05, 0.1) is 18.5 Å². The summed E-state index contributed by atoms with van der Waals surface area (Å²) in [5, 5.41) is 9.40. The van der Waals surface area contributed by atoms with Gasteiger partial charge >= 0.3 is 5.97 Å². The second-order valence-electron chi connectivity index (χ2n) is 2.69. The molecular formula is C9H13N3O2. The number of nitrogens with one attached hydrogen (secondary N) is 2. The van der Waals surface area contributed by atoms with Gasteiger partial charge in [-0.1, -0.05) is 0 Å². The van der Waals surface area contributed by atoms with Gasteiger partial charge in [0.15, 0.2) is 0 Å². The zero-order chi connectivity index (χ0) is 10.4. The van der Waals surface area contributed by atoms with E-state index in [1.54, 1.807) is 26.2 Å². The van der Waals surface area contributed by atoms with Crippen molar-refractivity contribution in [2.45, 2.75) is 13.8 Å². The van der Waals surface area contributed by atoms with Gasteiger partial charge in [-0.3, -0.25) is 5.10 Å². The van der Waals surface area contributed by atoms with E-state index < -0.39 is 0 Å². The molecule has 0 fully saturated rings. The third kappa shape index (κ3) is 3.30. The molecule has 0 aromatic carbocycles. The van der Waals surface area contributed by atoms with E-state index in [4.69, 9.17) is 4.74 Å². The van der Waals surface area contributed by atoms with Crippen molar-refractivity contribution >= 4 is 11.7 Å². The van der Waals surface area contributed by atoms with Crippen LogP contribution in [0.1, 0.15) is 13.8 Å². The summed E-state index contributed by atoms with van der Waals surface area (Å²) in [6.45, 7) is 3.93. The molecule has 0 amide bonds. The van der Waals surface area contributed by atoms with Crippen molar-refractivity contribution in [1.82, 2.24) is 10.2 Å². The number of H-pyrrole nitrogens is 1. The Hall–Kier alpha value is -1.78. The van der Waals surface area contributed by atoms with Gasteiger partial charge in [-0.15, -0.1) is 0 Å². The Kier molecular flexibility index (Phi) is 3.72. The van der Waals surface area contributed by atoms with E-state index in [0.29, 0.717) is 12.3 Å². The molecule has 1 aromatic rings. The molecule has 5 heteroatoms. The number of anilines is 1. The van der Waals surface area contributed by atoms with E-state index in [2.05, 4.69) is 15.5 Å². The molecule has 0 radical (unpaired) electrons. The van der Waals surface area contributed by atoms with E-state index in [9.17, 15) is 4.79 Å². The van der Waals surface area contributed by atoms with Crippen molar-refractivity contribution in [3.8, 4) is 0 Å². The molecule has 5 nitrogen and oxygen atoms in total. The Balaban J connectivity index is 2.49. The quantitative estimate of drug-likeness (QED) is 0.561. The van der Waals surface area contributed by atoms with Crippen molar-refractivity contribution in [3.63, 3.8) is 0 Å². The number of esters is 1. The first-order chi connectivity index (χ1) is 6.72. The fourth-order valence-corrected chi connectivity index (χ4v) is 0.944. The van der Waals surface area contributed by atoms with Crippen LogP contribution in [-0.2, 0) is 9.53 Å². The molecule has 0 unspecified atom stereocenters. The maximum Gasteiger partial charge on any atom is 0.332 e. The Morgan fingerprint density at radius 3 is 3.14 bits per heavy atom. The molecule has 0 spiro atoms. The minimum Gasteiger partial charge on any atom is -0.463 e. The van der Waals surface area contributed by atoms with Crippen molar-refractivity contribution in [3.05, 3.63) is 24.2 Å². The first-order valence-corrected chi connectivity index (χ1v) is 4.33. The van der Waals surface area contributed by atoms with E-state index in [0.717, 1.165) is 5.69 Å². The third-order valence-corrected chi connectivity index (χ3v) is 1.46. The highest BCUT2D eigenvalue weighted by Crippen LogP contribution is 2.05. The molecular weight excluding hydrogens is 182 g/mol. The molecule has 14 heavy (non-hydrogen) atoms. The van der Waals surface area contributed by atoms with Gasteiger partial charge in [-0.2, -0.15) is 5.10 Å². The predicted octanol–water partition coefficient (Wildman–Crippen LogP) is 1.29. The number of carbonyl (C=O) groups is 1. The smallest absolute Gasteiger partial charge is 0.332 e. The lowest BCUT2D eigenvalue weighted by Crippen LogP contribution is -2.03. The SMILES string of the molecule is CCOC(=O)/C=C(/C)Nc1cn[nH]c1. The fourth-order valence-electron chi connectivity index (χ4n) is 0.944. The zero-order valence-corrected chi connectivity index (χ0v) is 8.20. The highest BCUT2D eigenvalue weighted by Gasteiger charge is 1.98. The average Bonchev–Trinajstić information content (AvgIpc) is 2.56. The van der Waals surface area contributed by atoms with Gasteiger partial charge in [0.1, 0.15) is 0 Å². The standard InChI is InChI=1S/C9H13N3O2/c1-3-14-9(13)4-7(2)12-8-5-10-11-6-8/h4-6,12H,3H2,1-2H3,(H,10,11)/b7-4-. The molecule has 1 rings (SSSR count). The summed E-state index contributed by atoms with van der Waals surface area (Å²) in [4.78, 5) is 11.0. The molecule has 0 saturated heterocycles. The van der Waals surface area contributed by atoms with Crippen LogP contribution in [0.4, 0.5) is 5.69 Å². The van der Waals surface area contributed by atoms with Crippen LogP contribution in [-0.4, -0.2) is 22.8 Å². The Morgan fingerprint density at radius 2 is 2.57 bits per heavy atom. The van der Waals surface area contributed by atoms with Crippen molar-refractivity contribution < 1.29 is 9.53 Å². The number of carbonyl (C=O) groups excluding carboxylic acids is 1. The summed E-state index contributed by atoms with van der Waals surface area (Å²) >= 11 is 0. The van der Waals surface area contributed by atoms with Crippen LogP contribution in [0.3, 0.4) is 0 Å². The molecule has 0 aliphatic carbocycles. The van der Waals surface area contributed by atoms with Crippen molar-refractivity contribution in [1.29, 1.82) is 0 Å². The Morgan fingerprint density at radius 1 is 1.79 bits per heavy atom. The summed E-state index contributed by atoms with van der Waals surface area (Å²) in [6, 6.07) is 0. The van der Waals surface area contributed by atoms with E-state index in [1.165, 1.54) is 6.08 Å². The average molecular weight is 195 g/mol.